The van der Waals surface area contributed by atoms with Crippen LogP contribution in [0.1, 0.15) is 36.9 Å². The van der Waals surface area contributed by atoms with E-state index >= 15 is 0 Å². The van der Waals surface area contributed by atoms with E-state index in [4.69, 9.17) is 0 Å². The average Bonchev–Trinajstić information content (AvgIpc) is 3.22. The number of aryl methyl sites for hydroxylation is 1. The van der Waals surface area contributed by atoms with Gasteiger partial charge in [-0.1, -0.05) is 39.0 Å². The first-order valence-electron chi connectivity index (χ1n) is 8.48. The van der Waals surface area contributed by atoms with Crippen LogP contribution in [0.5, 0.6) is 0 Å². The second kappa shape index (κ2) is 7.60. The number of amides is 2. The second-order valence-electron chi connectivity index (χ2n) is 7.14. The van der Waals surface area contributed by atoms with Crippen LogP contribution in [-0.2, 0) is 12.0 Å². The molecular weight excluding hydrogens is 362 g/mol. The van der Waals surface area contributed by atoms with Crippen LogP contribution < -0.4 is 10.6 Å². The van der Waals surface area contributed by atoms with Crippen molar-refractivity contribution in [3.63, 3.8) is 0 Å². The van der Waals surface area contributed by atoms with Gasteiger partial charge in [-0.05, 0) is 41.5 Å². The van der Waals surface area contributed by atoms with Crippen LogP contribution >= 0.6 is 22.7 Å². The van der Waals surface area contributed by atoms with Crippen LogP contribution in [0, 0.1) is 6.92 Å². The first kappa shape index (κ1) is 18.6. The lowest BCUT2D eigenvalue weighted by Crippen LogP contribution is -2.28. The molecule has 4 nitrogen and oxygen atoms in total. The van der Waals surface area contributed by atoms with Crippen molar-refractivity contribution >= 4 is 34.4 Å². The third-order valence-corrected chi connectivity index (χ3v) is 6.24. The van der Waals surface area contributed by atoms with Gasteiger partial charge in [0.1, 0.15) is 5.01 Å². The number of hydrogen-bond donors (Lipinski definition) is 2. The quantitative estimate of drug-likeness (QED) is 0.596. The van der Waals surface area contributed by atoms with E-state index in [1.165, 1.54) is 5.56 Å². The maximum absolute atomic E-state index is 12.2. The third kappa shape index (κ3) is 4.51. The van der Waals surface area contributed by atoms with E-state index in [-0.39, 0.29) is 11.4 Å². The molecule has 0 aliphatic carbocycles. The smallest absolute Gasteiger partial charge is 0.319 e. The van der Waals surface area contributed by atoms with Gasteiger partial charge in [-0.3, -0.25) is 0 Å². The Kier molecular flexibility index (Phi) is 5.44. The molecule has 0 saturated carbocycles. The monoisotopic (exact) mass is 385 g/mol. The number of nitrogens with zero attached hydrogens (tertiary/aromatic N) is 1. The molecule has 0 aliphatic rings. The number of carbonyl (C=O) groups is 1. The first-order valence-corrected chi connectivity index (χ1v) is 10.2. The van der Waals surface area contributed by atoms with Crippen molar-refractivity contribution in [3.8, 4) is 9.88 Å². The van der Waals surface area contributed by atoms with Gasteiger partial charge in [0.15, 0.2) is 0 Å². The molecule has 2 aromatic heterocycles. The highest BCUT2D eigenvalue weighted by Gasteiger charge is 2.14. The van der Waals surface area contributed by atoms with Gasteiger partial charge in [0.25, 0.3) is 0 Å². The Morgan fingerprint density at radius 1 is 1.15 bits per heavy atom. The molecule has 6 heteroatoms. The van der Waals surface area contributed by atoms with Crippen molar-refractivity contribution in [1.82, 2.24) is 10.3 Å². The number of aromatic nitrogens is 1. The highest BCUT2D eigenvalue weighted by Crippen LogP contribution is 2.31. The molecule has 3 rings (SSSR count). The summed E-state index contributed by atoms with van der Waals surface area (Å²) in [4.78, 5) is 19.0. The number of thiazole rings is 1. The molecule has 2 N–H and O–H groups in total. The summed E-state index contributed by atoms with van der Waals surface area (Å²) in [6, 6.07) is 11.9. The van der Waals surface area contributed by atoms with Crippen LogP contribution in [0.25, 0.3) is 9.88 Å². The predicted octanol–water partition coefficient (Wildman–Crippen LogP) is 5.80. The number of carbonyl (C=O) groups excluding carboxylic acids is 1. The molecule has 0 radical (unpaired) electrons. The van der Waals surface area contributed by atoms with Gasteiger partial charge in [-0.2, -0.15) is 0 Å². The zero-order valence-electron chi connectivity index (χ0n) is 15.4. The van der Waals surface area contributed by atoms with E-state index in [0.29, 0.717) is 6.54 Å². The highest BCUT2D eigenvalue weighted by atomic mass is 32.1. The van der Waals surface area contributed by atoms with E-state index < -0.39 is 0 Å². The lowest BCUT2D eigenvalue weighted by Gasteiger charge is -2.19. The molecule has 0 unspecified atom stereocenters. The number of rotatable bonds is 4. The van der Waals surface area contributed by atoms with E-state index in [2.05, 4.69) is 54.6 Å². The standard InChI is InChI=1S/C20H23N3OS2/c1-13-17(26-18(22-13)16-6-5-11-25-16)12-21-19(24)23-15-9-7-14(8-10-15)20(2,3)4/h5-11H,12H2,1-4H3,(H2,21,23,24). The average molecular weight is 386 g/mol. The van der Waals surface area contributed by atoms with E-state index in [0.717, 1.165) is 26.1 Å². The van der Waals surface area contributed by atoms with Crippen LogP contribution in [0.15, 0.2) is 41.8 Å². The summed E-state index contributed by atoms with van der Waals surface area (Å²) in [5.41, 5.74) is 3.10. The summed E-state index contributed by atoms with van der Waals surface area (Å²) in [6.45, 7) is 8.96. The summed E-state index contributed by atoms with van der Waals surface area (Å²) >= 11 is 3.30. The number of anilines is 1. The summed E-state index contributed by atoms with van der Waals surface area (Å²) < 4.78 is 0. The van der Waals surface area contributed by atoms with Crippen LogP contribution in [0.2, 0.25) is 0 Å². The fourth-order valence-electron chi connectivity index (χ4n) is 2.49. The van der Waals surface area contributed by atoms with Crippen LogP contribution in [0.4, 0.5) is 10.5 Å². The Labute approximate surface area is 162 Å². The maximum atomic E-state index is 12.2. The zero-order valence-corrected chi connectivity index (χ0v) is 17.1. The summed E-state index contributed by atoms with van der Waals surface area (Å²) in [5.74, 6) is 0. The molecule has 2 amide bonds. The Hall–Kier alpha value is -2.18. The van der Waals surface area contributed by atoms with Crippen molar-refractivity contribution in [2.24, 2.45) is 0 Å². The van der Waals surface area contributed by atoms with Gasteiger partial charge < -0.3 is 10.6 Å². The zero-order chi connectivity index (χ0) is 18.7. The summed E-state index contributed by atoms with van der Waals surface area (Å²) in [7, 11) is 0. The maximum Gasteiger partial charge on any atom is 0.319 e. The Morgan fingerprint density at radius 3 is 2.50 bits per heavy atom. The number of urea groups is 1. The van der Waals surface area contributed by atoms with Crippen molar-refractivity contribution < 1.29 is 4.79 Å². The number of hydrogen-bond acceptors (Lipinski definition) is 4. The first-order chi connectivity index (χ1) is 12.3. The van der Waals surface area contributed by atoms with Crippen LogP contribution in [0.3, 0.4) is 0 Å². The van der Waals surface area contributed by atoms with Gasteiger partial charge in [0, 0.05) is 10.6 Å². The summed E-state index contributed by atoms with van der Waals surface area (Å²) in [5, 5.41) is 8.85. The van der Waals surface area contributed by atoms with Crippen molar-refractivity contribution in [2.75, 3.05) is 5.32 Å². The van der Waals surface area contributed by atoms with E-state index in [1.807, 2.05) is 30.5 Å². The fraction of sp³-hybridized carbons (Fsp3) is 0.300. The molecule has 0 saturated heterocycles. The van der Waals surface area contributed by atoms with Crippen molar-refractivity contribution in [1.29, 1.82) is 0 Å². The molecule has 0 fully saturated rings. The van der Waals surface area contributed by atoms with Gasteiger partial charge in [-0.25, -0.2) is 9.78 Å². The second-order valence-corrected chi connectivity index (χ2v) is 9.17. The predicted molar refractivity (Wildman–Crippen MR) is 111 cm³/mol. The molecule has 1 aromatic carbocycles. The topological polar surface area (TPSA) is 54.0 Å². The van der Waals surface area contributed by atoms with Gasteiger partial charge in [0.05, 0.1) is 17.1 Å². The normalized spacial score (nSPS) is 11.4. The Morgan fingerprint density at radius 2 is 1.88 bits per heavy atom. The minimum absolute atomic E-state index is 0.102. The molecule has 0 bridgehead atoms. The van der Waals surface area contributed by atoms with Crippen molar-refractivity contribution in [2.45, 2.75) is 39.7 Å². The number of thiophene rings is 1. The van der Waals surface area contributed by atoms with Crippen molar-refractivity contribution in [3.05, 3.63) is 57.9 Å². The molecule has 0 spiro atoms. The van der Waals surface area contributed by atoms with Gasteiger partial charge in [0.2, 0.25) is 0 Å². The van der Waals surface area contributed by atoms with E-state index in [1.54, 1.807) is 22.7 Å². The molecule has 2 heterocycles. The molecule has 0 aliphatic heterocycles. The number of benzene rings is 1. The number of nitrogens with one attached hydrogen (secondary N) is 2. The minimum atomic E-state index is -0.209. The fourth-order valence-corrected chi connectivity index (χ4v) is 4.29. The van der Waals surface area contributed by atoms with Gasteiger partial charge >= 0.3 is 6.03 Å². The highest BCUT2D eigenvalue weighted by molar-refractivity contribution is 7.21. The molecule has 0 atom stereocenters. The Balaban J connectivity index is 1.58. The SMILES string of the molecule is Cc1nc(-c2cccs2)sc1CNC(=O)Nc1ccc(C(C)(C)C)cc1. The Bertz CT molecular complexity index is 875. The lowest BCUT2D eigenvalue weighted by atomic mass is 9.87. The molecule has 136 valence electrons. The largest absolute Gasteiger partial charge is 0.333 e. The third-order valence-electron chi connectivity index (χ3n) is 4.04. The minimum Gasteiger partial charge on any atom is -0.333 e. The molecule has 26 heavy (non-hydrogen) atoms. The van der Waals surface area contributed by atoms with Gasteiger partial charge in [-0.15, -0.1) is 22.7 Å². The van der Waals surface area contributed by atoms with Crippen LogP contribution in [-0.4, -0.2) is 11.0 Å². The molecular formula is C20H23N3OS2. The van der Waals surface area contributed by atoms with E-state index in [9.17, 15) is 4.79 Å². The molecule has 3 aromatic rings. The lowest BCUT2D eigenvalue weighted by molar-refractivity contribution is 0.252. The summed E-state index contributed by atoms with van der Waals surface area (Å²) in [6.07, 6.45) is 0.